The molecule has 0 aromatic heterocycles. The van der Waals surface area contributed by atoms with E-state index in [0.717, 1.165) is 84.3 Å². The van der Waals surface area contributed by atoms with E-state index in [9.17, 15) is 24.6 Å². The third kappa shape index (κ3) is 11.7. The summed E-state index contributed by atoms with van der Waals surface area (Å²) in [5.41, 5.74) is 12.3. The molecular formula is C60H61NO13. The first-order chi connectivity index (χ1) is 35.7. The third-order valence-corrected chi connectivity index (χ3v) is 13.1. The zero-order valence-electron chi connectivity index (χ0n) is 43.3. The van der Waals surface area contributed by atoms with Crippen LogP contribution < -0.4 is 37.9 Å². The van der Waals surface area contributed by atoms with Crippen molar-refractivity contribution in [1.29, 1.82) is 0 Å². The molecule has 0 unspecified atom stereocenters. The molecule has 10 aliphatic carbocycles. The number of hydrogen-bond donors (Lipinski definition) is 2. The zero-order chi connectivity index (χ0) is 53.2. The molecule has 0 saturated carbocycles. The van der Waals surface area contributed by atoms with Crippen LogP contribution in [0.25, 0.3) is 22.3 Å². The number of amides is 1. The fourth-order valence-electron chi connectivity index (χ4n) is 9.33. The molecule has 10 aliphatic rings. The van der Waals surface area contributed by atoms with Crippen LogP contribution in [0.15, 0.2) is 109 Å². The second-order valence-electron chi connectivity index (χ2n) is 17.8. The van der Waals surface area contributed by atoms with Crippen LogP contribution in [0.5, 0.6) is 46.0 Å². The van der Waals surface area contributed by atoms with E-state index in [2.05, 4.69) is 12.1 Å². The standard InChI is InChI=1S/C57H54O12.C3H7NO/c1-62-48-26-40-19-42-28-54(68-7)44(30-52(42)66-5)21-45-31-53(67-6)43(29-55(45)69-8)20-41-27-49(63-2)39(25-51(41)65-4)18-37-23-46(32-9-13-34(14-10-32)56(58)59)36(17-38(48)24-50(40)64-3)22-47(37)33-11-15-35(16-12-33)57(60)61;1-4(2)3-5/h9-16,22-31H,17-21H2,1-8H3,(H,58,59)(H,60,61);3H,1-2H3. The molecule has 384 valence electrons. The summed E-state index contributed by atoms with van der Waals surface area (Å²) in [6.45, 7) is 0. The van der Waals surface area contributed by atoms with Crippen LogP contribution in [-0.4, -0.2) is 104 Å². The number of rotatable bonds is 13. The second kappa shape index (κ2) is 23.7. The maximum absolute atomic E-state index is 12.0. The van der Waals surface area contributed by atoms with Gasteiger partial charge >= 0.3 is 11.9 Å². The monoisotopic (exact) mass is 1000 g/mol. The summed E-state index contributed by atoms with van der Waals surface area (Å²) in [6, 6.07) is 33.8. The van der Waals surface area contributed by atoms with Crippen molar-refractivity contribution in [3.8, 4) is 68.2 Å². The molecule has 0 fully saturated rings. The van der Waals surface area contributed by atoms with Gasteiger partial charge in [0.25, 0.3) is 0 Å². The van der Waals surface area contributed by atoms with E-state index < -0.39 is 11.9 Å². The zero-order valence-corrected chi connectivity index (χ0v) is 43.3. The fourth-order valence-corrected chi connectivity index (χ4v) is 9.33. The second-order valence-corrected chi connectivity index (χ2v) is 17.8. The van der Waals surface area contributed by atoms with E-state index in [1.54, 1.807) is 95.2 Å². The Morgan fingerprint density at radius 1 is 0.365 bits per heavy atom. The molecule has 7 aromatic carbocycles. The largest absolute Gasteiger partial charge is 0.496 e. The van der Waals surface area contributed by atoms with Crippen molar-refractivity contribution < 1.29 is 62.5 Å². The van der Waals surface area contributed by atoms with Crippen LogP contribution in [0.2, 0.25) is 0 Å². The highest BCUT2D eigenvalue weighted by Crippen LogP contribution is 2.43. The number of ether oxygens (including phenoxy) is 8. The Kier molecular flexibility index (Phi) is 17.0. The van der Waals surface area contributed by atoms with Crippen LogP contribution >= 0.6 is 0 Å². The van der Waals surface area contributed by atoms with Crippen LogP contribution in [-0.2, 0) is 36.9 Å². The average molecular weight is 1000 g/mol. The molecule has 0 aliphatic heterocycles. The van der Waals surface area contributed by atoms with Gasteiger partial charge in [0.05, 0.1) is 68.0 Å². The molecule has 1 amide bonds. The molecule has 0 heterocycles. The molecular weight excluding hydrogens is 943 g/mol. The number of carbonyl (C=O) groups excluding carboxylic acids is 1. The van der Waals surface area contributed by atoms with E-state index in [-0.39, 0.29) is 11.1 Å². The highest BCUT2D eigenvalue weighted by Gasteiger charge is 2.24. The molecule has 10 bridgehead atoms. The molecule has 7 aromatic rings. The van der Waals surface area contributed by atoms with Gasteiger partial charge < -0.3 is 53.0 Å². The van der Waals surface area contributed by atoms with Crippen molar-refractivity contribution in [3.05, 3.63) is 176 Å². The molecule has 14 nitrogen and oxygen atoms in total. The number of nitrogens with zero attached hydrogens (tertiary/aromatic N) is 1. The van der Waals surface area contributed by atoms with E-state index in [4.69, 9.17) is 37.9 Å². The van der Waals surface area contributed by atoms with Gasteiger partial charge in [0.1, 0.15) is 46.0 Å². The van der Waals surface area contributed by atoms with Gasteiger partial charge in [0.15, 0.2) is 0 Å². The Hall–Kier alpha value is -8.65. The maximum Gasteiger partial charge on any atom is 0.335 e. The number of carboxylic acid groups (broad SMARTS) is 2. The van der Waals surface area contributed by atoms with E-state index >= 15 is 0 Å². The predicted molar refractivity (Wildman–Crippen MR) is 283 cm³/mol. The van der Waals surface area contributed by atoms with Gasteiger partial charge in [-0.2, -0.15) is 0 Å². The SMILES string of the molecule is CN(C)C=O.COc1cc2c(OC)cc1Cc1cc(OC)c(cc1OC)Cc1cc(OC)c(cc1OC)Cc1cc(-c3ccc(C(=O)O)cc3)c(cc1-c1ccc(C(=O)O)cc1)Cc1cc(OC)c(cc1OC)C2. The third-order valence-electron chi connectivity index (χ3n) is 13.1. The Morgan fingerprint density at radius 2 is 0.554 bits per heavy atom. The normalized spacial score (nSPS) is 11.6. The number of methoxy groups -OCH3 is 8. The predicted octanol–water partition coefficient (Wildman–Crippen LogP) is 10.5. The minimum absolute atomic E-state index is 0.159. The number of carbonyl (C=O) groups is 3. The van der Waals surface area contributed by atoms with Crippen molar-refractivity contribution in [2.24, 2.45) is 0 Å². The smallest absolute Gasteiger partial charge is 0.335 e. The summed E-state index contributed by atoms with van der Waals surface area (Å²) in [4.78, 5) is 34.9. The number of benzene rings is 7. The molecule has 74 heavy (non-hydrogen) atoms. The summed E-state index contributed by atoms with van der Waals surface area (Å²) >= 11 is 0. The van der Waals surface area contributed by atoms with E-state index in [0.29, 0.717) is 78.1 Å². The quantitative estimate of drug-likeness (QED) is 0.105. The minimum atomic E-state index is -1.03. The van der Waals surface area contributed by atoms with Gasteiger partial charge in [0, 0.05) is 90.7 Å². The first-order valence-corrected chi connectivity index (χ1v) is 23.6. The number of carboxylic acids is 2. The molecule has 17 rings (SSSR count). The van der Waals surface area contributed by atoms with Crippen molar-refractivity contribution in [3.63, 3.8) is 0 Å². The Balaban J connectivity index is 0.00000153. The van der Waals surface area contributed by atoms with Gasteiger partial charge in [-0.05, 0) is 118 Å². The van der Waals surface area contributed by atoms with Gasteiger partial charge in [-0.1, -0.05) is 24.3 Å². The number of hydrogen-bond acceptors (Lipinski definition) is 11. The Labute approximate surface area is 431 Å². The Bertz CT molecular complexity index is 2970. The van der Waals surface area contributed by atoms with Gasteiger partial charge in [-0.25, -0.2) is 9.59 Å². The minimum Gasteiger partial charge on any atom is -0.496 e. The van der Waals surface area contributed by atoms with Crippen molar-refractivity contribution in [2.45, 2.75) is 32.1 Å². The van der Waals surface area contributed by atoms with Crippen LogP contribution in [0, 0.1) is 0 Å². The van der Waals surface area contributed by atoms with Crippen molar-refractivity contribution in [1.82, 2.24) is 4.90 Å². The van der Waals surface area contributed by atoms with E-state index in [1.807, 2.05) is 72.8 Å². The summed E-state index contributed by atoms with van der Waals surface area (Å²) in [5.74, 6) is 3.13. The van der Waals surface area contributed by atoms with Crippen molar-refractivity contribution in [2.75, 3.05) is 71.0 Å². The molecule has 0 saturated heterocycles. The van der Waals surface area contributed by atoms with E-state index in [1.165, 1.54) is 4.90 Å². The fraction of sp³-hybridized carbons (Fsp3) is 0.250. The average Bonchev–Trinajstić information content (AvgIpc) is 3.41. The van der Waals surface area contributed by atoms with Gasteiger partial charge in [0.2, 0.25) is 6.41 Å². The van der Waals surface area contributed by atoms with Crippen molar-refractivity contribution >= 4 is 18.3 Å². The molecule has 14 heteroatoms. The molecule has 0 spiro atoms. The topological polar surface area (TPSA) is 169 Å². The molecule has 0 atom stereocenters. The molecule has 0 radical (unpaired) electrons. The number of aromatic carboxylic acids is 2. The summed E-state index contributed by atoms with van der Waals surface area (Å²) in [5, 5.41) is 19.7. The summed E-state index contributed by atoms with van der Waals surface area (Å²) in [7, 11) is 16.5. The Morgan fingerprint density at radius 3 is 0.716 bits per heavy atom. The maximum atomic E-state index is 12.0. The highest BCUT2D eigenvalue weighted by atomic mass is 16.5. The summed E-state index contributed by atoms with van der Waals surface area (Å²) < 4.78 is 48.7. The van der Waals surface area contributed by atoms with Gasteiger partial charge in [-0.15, -0.1) is 0 Å². The first-order valence-electron chi connectivity index (χ1n) is 23.6. The van der Waals surface area contributed by atoms with Crippen LogP contribution in [0.3, 0.4) is 0 Å². The lowest BCUT2D eigenvalue weighted by atomic mass is 9.85. The summed E-state index contributed by atoms with van der Waals surface area (Å²) in [6.07, 6.45) is 2.80. The van der Waals surface area contributed by atoms with Gasteiger partial charge in [-0.3, -0.25) is 4.79 Å². The lowest BCUT2D eigenvalue weighted by Crippen LogP contribution is -2.06. The lowest BCUT2D eigenvalue weighted by Gasteiger charge is -2.21. The first kappa shape index (κ1) is 53.2. The molecule has 2 N–H and O–H groups in total. The van der Waals surface area contributed by atoms with Crippen LogP contribution in [0.1, 0.15) is 76.4 Å². The highest BCUT2D eigenvalue weighted by molar-refractivity contribution is 5.90. The lowest BCUT2D eigenvalue weighted by molar-refractivity contribution is -0.115. The van der Waals surface area contributed by atoms with Crippen LogP contribution in [0.4, 0.5) is 0 Å².